The third-order valence-electron chi connectivity index (χ3n) is 3.62. The van der Waals surface area contributed by atoms with Gasteiger partial charge in [0.05, 0.1) is 17.6 Å². The topological polar surface area (TPSA) is 130 Å². The molecule has 0 unspecified atom stereocenters. The fourth-order valence-corrected chi connectivity index (χ4v) is 2.68. The number of piperazine rings is 1. The van der Waals surface area contributed by atoms with Crippen molar-refractivity contribution in [1.29, 1.82) is 0 Å². The van der Waals surface area contributed by atoms with Gasteiger partial charge in [0.2, 0.25) is 5.88 Å². The van der Waals surface area contributed by atoms with E-state index in [4.69, 9.17) is 9.84 Å². The number of ether oxygens (including phenoxy) is 2. The molecular formula is C14H16BrN3O7. The van der Waals surface area contributed by atoms with Crippen LogP contribution in [-0.2, 0) is 4.74 Å². The Balaban J connectivity index is 2.12. The lowest BCUT2D eigenvalue weighted by Crippen LogP contribution is -2.58. The molecular weight excluding hydrogens is 402 g/mol. The third kappa shape index (κ3) is 4.50. The highest BCUT2D eigenvalue weighted by Gasteiger charge is 2.33. The predicted octanol–water partition coefficient (Wildman–Crippen LogP) is 1.35. The number of hydrogen-bond acceptors (Lipinski definition) is 6. The number of carboxylic acid groups (broad SMARTS) is 2. The zero-order valence-electron chi connectivity index (χ0n) is 13.2. The monoisotopic (exact) mass is 417 g/mol. The van der Waals surface area contributed by atoms with Crippen molar-refractivity contribution in [3.8, 4) is 5.88 Å². The summed E-state index contributed by atoms with van der Waals surface area (Å²) in [5.74, 6) is -0.556. The minimum absolute atomic E-state index is 0.0179. The van der Waals surface area contributed by atoms with Gasteiger partial charge >= 0.3 is 18.2 Å². The molecule has 1 saturated heterocycles. The van der Waals surface area contributed by atoms with Gasteiger partial charge in [-0.1, -0.05) is 0 Å². The first-order valence-corrected chi connectivity index (χ1v) is 7.98. The maximum absolute atomic E-state index is 11.5. The largest absolute Gasteiger partial charge is 0.475 e. The lowest BCUT2D eigenvalue weighted by atomic mass is 10.2. The van der Waals surface area contributed by atoms with Gasteiger partial charge in [-0.25, -0.2) is 19.4 Å². The number of aromatic nitrogens is 1. The van der Waals surface area contributed by atoms with Gasteiger partial charge in [0.15, 0.2) is 5.69 Å². The Kier molecular flexibility index (Phi) is 6.02. The van der Waals surface area contributed by atoms with Crippen LogP contribution in [0, 0.1) is 0 Å². The molecule has 136 valence electrons. The van der Waals surface area contributed by atoms with Gasteiger partial charge in [0.25, 0.3) is 0 Å². The second kappa shape index (κ2) is 8.01. The minimum atomic E-state index is -1.16. The van der Waals surface area contributed by atoms with Gasteiger partial charge in [-0.2, -0.15) is 0 Å². The van der Waals surface area contributed by atoms with E-state index in [9.17, 15) is 19.5 Å². The highest BCUT2D eigenvalue weighted by Crippen LogP contribution is 2.24. The molecule has 0 aliphatic carbocycles. The van der Waals surface area contributed by atoms with Crippen LogP contribution in [0.5, 0.6) is 5.88 Å². The van der Waals surface area contributed by atoms with Crippen LogP contribution in [-0.4, -0.2) is 82.5 Å². The van der Waals surface area contributed by atoms with Crippen LogP contribution in [0.15, 0.2) is 16.6 Å². The summed E-state index contributed by atoms with van der Waals surface area (Å²) < 4.78 is 10.6. The molecule has 0 saturated carbocycles. The first-order chi connectivity index (χ1) is 11.8. The molecule has 2 amide bonds. The van der Waals surface area contributed by atoms with Crippen LogP contribution in [0.4, 0.5) is 9.59 Å². The third-order valence-corrected chi connectivity index (χ3v) is 4.22. The summed E-state index contributed by atoms with van der Waals surface area (Å²) in [6.45, 7) is 0.00656. The van der Waals surface area contributed by atoms with Crippen LogP contribution >= 0.6 is 15.9 Å². The number of carbonyl (C=O) groups is 3. The Morgan fingerprint density at radius 2 is 2.00 bits per heavy atom. The number of nitrogens with zero attached hydrogens (tertiary/aromatic N) is 3. The van der Waals surface area contributed by atoms with Crippen molar-refractivity contribution in [2.45, 2.75) is 6.04 Å². The number of rotatable bonds is 4. The van der Waals surface area contributed by atoms with Gasteiger partial charge in [-0.15, -0.1) is 0 Å². The molecule has 1 aliphatic heterocycles. The number of pyridine rings is 1. The summed E-state index contributed by atoms with van der Waals surface area (Å²) in [6.07, 6.45) is -2.28. The van der Waals surface area contributed by atoms with Crippen molar-refractivity contribution in [1.82, 2.24) is 14.8 Å². The smallest absolute Gasteiger partial charge is 0.407 e. The molecule has 2 rings (SSSR count). The van der Waals surface area contributed by atoms with Crippen molar-refractivity contribution in [2.24, 2.45) is 0 Å². The van der Waals surface area contributed by atoms with E-state index in [1.807, 2.05) is 0 Å². The molecule has 0 aromatic carbocycles. The number of hydrogen-bond donors (Lipinski definition) is 2. The van der Waals surface area contributed by atoms with Gasteiger partial charge in [-0.3, -0.25) is 4.90 Å². The van der Waals surface area contributed by atoms with Crippen molar-refractivity contribution in [3.05, 3.63) is 22.3 Å². The Bertz CT molecular complexity index is 684. The van der Waals surface area contributed by atoms with E-state index < -0.39 is 24.2 Å². The van der Waals surface area contributed by atoms with E-state index >= 15 is 0 Å². The zero-order valence-corrected chi connectivity index (χ0v) is 14.8. The fourth-order valence-electron chi connectivity index (χ4n) is 2.34. The van der Waals surface area contributed by atoms with Crippen LogP contribution in [0.2, 0.25) is 0 Å². The van der Waals surface area contributed by atoms with E-state index in [0.717, 1.165) is 9.80 Å². The molecule has 2 heterocycles. The van der Waals surface area contributed by atoms with E-state index in [1.54, 1.807) is 6.07 Å². The zero-order chi connectivity index (χ0) is 18.6. The van der Waals surface area contributed by atoms with E-state index in [2.05, 4.69) is 25.7 Å². The molecule has 0 bridgehead atoms. The van der Waals surface area contributed by atoms with Crippen LogP contribution < -0.4 is 4.74 Å². The molecule has 1 atom stereocenters. The standard InChI is InChI=1S/C14H16BrN3O7/c1-24-12(19)10-3-2-9(15)11(16-10)25-7-8-6-17(13(20)21)4-5-18(8)14(22)23/h2-3,8H,4-7H2,1H3,(H,20,21)(H,22,23)/t8-/m0/s1. The minimum Gasteiger partial charge on any atom is -0.475 e. The number of amides is 2. The maximum atomic E-state index is 11.5. The number of carbonyl (C=O) groups excluding carboxylic acids is 1. The molecule has 10 nitrogen and oxygen atoms in total. The van der Waals surface area contributed by atoms with E-state index in [1.165, 1.54) is 13.2 Å². The van der Waals surface area contributed by atoms with Crippen LogP contribution in [0.3, 0.4) is 0 Å². The van der Waals surface area contributed by atoms with Crippen molar-refractivity contribution in [2.75, 3.05) is 33.4 Å². The van der Waals surface area contributed by atoms with Gasteiger partial charge < -0.3 is 24.6 Å². The summed E-state index contributed by atoms with van der Waals surface area (Å²) in [4.78, 5) is 40.2. The molecule has 0 spiro atoms. The molecule has 2 N–H and O–H groups in total. The lowest BCUT2D eigenvalue weighted by molar-refractivity contribution is 0.0452. The van der Waals surface area contributed by atoms with E-state index in [-0.39, 0.29) is 37.8 Å². The molecule has 1 aromatic rings. The Labute approximate surface area is 151 Å². The van der Waals surface area contributed by atoms with Crippen molar-refractivity contribution in [3.63, 3.8) is 0 Å². The SMILES string of the molecule is COC(=O)c1ccc(Br)c(OC[C@@H]2CN(C(=O)O)CCN2C(=O)O)n1. The second-order valence-electron chi connectivity index (χ2n) is 5.14. The van der Waals surface area contributed by atoms with Crippen LogP contribution in [0.1, 0.15) is 10.5 Å². The molecule has 25 heavy (non-hydrogen) atoms. The first kappa shape index (κ1) is 18.8. The molecule has 0 radical (unpaired) electrons. The Morgan fingerprint density at radius 1 is 1.28 bits per heavy atom. The van der Waals surface area contributed by atoms with Gasteiger partial charge in [-0.05, 0) is 28.1 Å². The molecule has 1 aromatic heterocycles. The highest BCUT2D eigenvalue weighted by molar-refractivity contribution is 9.10. The molecule has 1 aliphatic rings. The number of methoxy groups -OCH3 is 1. The summed E-state index contributed by atoms with van der Waals surface area (Å²) in [5, 5.41) is 18.3. The predicted molar refractivity (Wildman–Crippen MR) is 86.9 cm³/mol. The van der Waals surface area contributed by atoms with Gasteiger partial charge in [0.1, 0.15) is 6.61 Å². The summed E-state index contributed by atoms with van der Waals surface area (Å²) >= 11 is 3.23. The van der Waals surface area contributed by atoms with Crippen LogP contribution in [0.25, 0.3) is 0 Å². The average Bonchev–Trinajstić information content (AvgIpc) is 2.59. The Hall–Kier alpha value is -2.56. The lowest BCUT2D eigenvalue weighted by Gasteiger charge is -2.38. The van der Waals surface area contributed by atoms with Crippen molar-refractivity contribution >= 4 is 34.1 Å². The summed E-state index contributed by atoms with van der Waals surface area (Å²) in [6, 6.07) is 2.30. The first-order valence-electron chi connectivity index (χ1n) is 7.18. The summed E-state index contributed by atoms with van der Waals surface area (Å²) in [5.41, 5.74) is 0.0339. The summed E-state index contributed by atoms with van der Waals surface area (Å²) in [7, 11) is 1.22. The Morgan fingerprint density at radius 3 is 2.60 bits per heavy atom. The van der Waals surface area contributed by atoms with E-state index in [0.29, 0.717) is 4.47 Å². The van der Waals surface area contributed by atoms with Gasteiger partial charge in [0, 0.05) is 19.6 Å². The molecule has 11 heteroatoms. The number of halogens is 1. The quantitative estimate of drug-likeness (QED) is 0.702. The fraction of sp³-hybridized carbons (Fsp3) is 0.429. The average molecular weight is 418 g/mol. The maximum Gasteiger partial charge on any atom is 0.407 e. The second-order valence-corrected chi connectivity index (χ2v) is 6.00. The van der Waals surface area contributed by atoms with Crippen molar-refractivity contribution < 1.29 is 34.1 Å². The highest BCUT2D eigenvalue weighted by atomic mass is 79.9. The molecule has 1 fully saturated rings. The normalized spacial score (nSPS) is 17.1. The number of esters is 1.